The van der Waals surface area contributed by atoms with Crippen molar-refractivity contribution in [1.29, 1.82) is 0 Å². The summed E-state index contributed by atoms with van der Waals surface area (Å²) in [5, 5.41) is 3.05. The van der Waals surface area contributed by atoms with Crippen molar-refractivity contribution in [2.24, 2.45) is 0 Å². The molecule has 0 spiro atoms. The van der Waals surface area contributed by atoms with Gasteiger partial charge < -0.3 is 14.8 Å². The second kappa shape index (κ2) is 8.64. The molecule has 1 unspecified atom stereocenters. The van der Waals surface area contributed by atoms with E-state index in [1.807, 2.05) is 55.5 Å². The first-order chi connectivity index (χ1) is 13.1. The predicted octanol–water partition coefficient (Wildman–Crippen LogP) is 5.73. The Balaban J connectivity index is 1.72. The maximum atomic E-state index is 12.5. The molecule has 27 heavy (non-hydrogen) atoms. The lowest BCUT2D eigenvalue weighted by molar-refractivity contribution is 0.102. The van der Waals surface area contributed by atoms with E-state index in [1.165, 1.54) is 0 Å². The molecule has 3 rings (SSSR count). The minimum atomic E-state index is -0.239. The maximum Gasteiger partial charge on any atom is 0.259 e. The van der Waals surface area contributed by atoms with E-state index in [0.717, 1.165) is 11.3 Å². The third kappa shape index (κ3) is 4.83. The highest BCUT2D eigenvalue weighted by molar-refractivity contribution is 7.80. The van der Waals surface area contributed by atoms with Gasteiger partial charge in [0.1, 0.15) is 17.2 Å². The number of carbonyl (C=O) groups is 1. The minimum absolute atomic E-state index is 0.174. The van der Waals surface area contributed by atoms with Gasteiger partial charge in [0.25, 0.3) is 5.91 Å². The fourth-order valence-electron chi connectivity index (χ4n) is 2.62. The lowest BCUT2D eigenvalue weighted by atomic mass is 10.1. The number of nitrogens with one attached hydrogen (secondary N) is 1. The zero-order valence-electron chi connectivity index (χ0n) is 15.2. The molecule has 0 bridgehead atoms. The highest BCUT2D eigenvalue weighted by Crippen LogP contribution is 2.27. The second-order valence-electron chi connectivity index (χ2n) is 6.03. The number of anilines is 1. The molecule has 5 heteroatoms. The molecule has 1 N–H and O–H groups in total. The molecule has 0 radical (unpaired) electrons. The van der Waals surface area contributed by atoms with Crippen LogP contribution in [0.25, 0.3) is 0 Å². The van der Waals surface area contributed by atoms with Gasteiger partial charge in [-0.05, 0) is 48.9 Å². The van der Waals surface area contributed by atoms with Crippen molar-refractivity contribution < 1.29 is 14.3 Å². The third-order valence-corrected chi connectivity index (χ3v) is 4.34. The van der Waals surface area contributed by atoms with E-state index in [9.17, 15) is 4.79 Å². The van der Waals surface area contributed by atoms with Crippen molar-refractivity contribution >= 4 is 24.2 Å². The smallest absolute Gasteiger partial charge is 0.259 e. The number of ether oxygens (including phenoxy) is 2. The van der Waals surface area contributed by atoms with Gasteiger partial charge in [-0.2, -0.15) is 12.6 Å². The van der Waals surface area contributed by atoms with E-state index in [-0.39, 0.29) is 11.2 Å². The summed E-state index contributed by atoms with van der Waals surface area (Å²) in [7, 11) is 1.54. The zero-order chi connectivity index (χ0) is 19.2. The monoisotopic (exact) mass is 379 g/mol. The van der Waals surface area contributed by atoms with Crippen molar-refractivity contribution in [2.45, 2.75) is 12.2 Å². The minimum Gasteiger partial charge on any atom is -0.496 e. The van der Waals surface area contributed by atoms with Gasteiger partial charge in [0.15, 0.2) is 0 Å². The van der Waals surface area contributed by atoms with Crippen LogP contribution in [-0.2, 0) is 0 Å². The summed E-state index contributed by atoms with van der Waals surface area (Å²) < 4.78 is 11.1. The molecule has 138 valence electrons. The van der Waals surface area contributed by atoms with Gasteiger partial charge in [-0.25, -0.2) is 0 Å². The predicted molar refractivity (Wildman–Crippen MR) is 111 cm³/mol. The summed E-state index contributed by atoms with van der Waals surface area (Å²) in [5.41, 5.74) is 2.25. The number of thiol groups is 1. The van der Waals surface area contributed by atoms with Gasteiger partial charge in [-0.15, -0.1) is 0 Å². The summed E-state index contributed by atoms with van der Waals surface area (Å²) in [6.45, 7) is 2.02. The Hall–Kier alpha value is -2.92. The number of methoxy groups -OCH3 is 1. The Kier molecular flexibility index (Phi) is 6.04. The standard InChI is InChI=1S/C22H21NO3S/c1-15(27)16-10-12-18(13-11-16)26-19-7-5-6-17(14-19)23-22(24)20-8-3-4-9-21(20)25-2/h3-15,27H,1-2H3,(H,23,24). The van der Waals surface area contributed by atoms with Crippen molar-refractivity contribution in [3.8, 4) is 17.2 Å². The molecule has 3 aromatic rings. The molecule has 0 aliphatic heterocycles. The first-order valence-electron chi connectivity index (χ1n) is 8.57. The molecule has 0 aliphatic rings. The first kappa shape index (κ1) is 18.9. The molecule has 0 aromatic heterocycles. The van der Waals surface area contributed by atoms with Gasteiger partial charge in [0.2, 0.25) is 0 Å². The lowest BCUT2D eigenvalue weighted by Gasteiger charge is -2.11. The summed E-state index contributed by atoms with van der Waals surface area (Å²) in [4.78, 5) is 12.5. The van der Waals surface area contributed by atoms with Gasteiger partial charge in [-0.3, -0.25) is 4.79 Å². The van der Waals surface area contributed by atoms with E-state index in [0.29, 0.717) is 22.7 Å². The largest absolute Gasteiger partial charge is 0.496 e. The number of para-hydroxylation sites is 1. The van der Waals surface area contributed by atoms with E-state index >= 15 is 0 Å². The van der Waals surface area contributed by atoms with Gasteiger partial charge >= 0.3 is 0 Å². The summed E-state index contributed by atoms with van der Waals surface area (Å²) in [6.07, 6.45) is 0. The Labute approximate surface area is 164 Å². The van der Waals surface area contributed by atoms with Crippen LogP contribution in [0, 0.1) is 0 Å². The topological polar surface area (TPSA) is 47.6 Å². The van der Waals surface area contributed by atoms with Crippen LogP contribution in [0.5, 0.6) is 17.2 Å². The summed E-state index contributed by atoms with van der Waals surface area (Å²) in [5.74, 6) is 1.65. The van der Waals surface area contributed by atoms with Gasteiger partial charge in [0.05, 0.1) is 12.7 Å². The summed E-state index contributed by atoms with van der Waals surface area (Å²) >= 11 is 4.42. The second-order valence-corrected chi connectivity index (χ2v) is 6.80. The highest BCUT2D eigenvalue weighted by Gasteiger charge is 2.12. The van der Waals surface area contributed by atoms with Crippen molar-refractivity contribution in [2.75, 3.05) is 12.4 Å². The normalized spacial score (nSPS) is 11.5. The van der Waals surface area contributed by atoms with E-state index in [1.54, 1.807) is 31.4 Å². The fraction of sp³-hybridized carbons (Fsp3) is 0.136. The molecule has 0 saturated carbocycles. The van der Waals surface area contributed by atoms with Crippen molar-refractivity contribution in [3.63, 3.8) is 0 Å². The van der Waals surface area contributed by atoms with Crippen molar-refractivity contribution in [1.82, 2.24) is 0 Å². The molecule has 3 aromatic carbocycles. The molecule has 0 fully saturated rings. The number of benzene rings is 3. The SMILES string of the molecule is COc1ccccc1C(=O)Nc1cccc(Oc2ccc(C(C)S)cc2)c1. The van der Waals surface area contributed by atoms with Crippen LogP contribution in [0.2, 0.25) is 0 Å². The third-order valence-electron chi connectivity index (χ3n) is 4.04. The molecular formula is C22H21NO3S. The average molecular weight is 379 g/mol. The molecule has 1 amide bonds. The Bertz CT molecular complexity index is 923. The Morgan fingerprint density at radius 1 is 0.963 bits per heavy atom. The van der Waals surface area contributed by atoms with E-state index in [2.05, 4.69) is 17.9 Å². The van der Waals surface area contributed by atoms with Gasteiger partial charge in [-0.1, -0.05) is 30.3 Å². The zero-order valence-corrected chi connectivity index (χ0v) is 16.1. The number of rotatable bonds is 6. The van der Waals surface area contributed by atoms with Crippen LogP contribution in [0.15, 0.2) is 72.8 Å². The van der Waals surface area contributed by atoms with Crippen LogP contribution < -0.4 is 14.8 Å². The molecule has 0 saturated heterocycles. The van der Waals surface area contributed by atoms with Crippen LogP contribution >= 0.6 is 12.6 Å². The molecule has 1 atom stereocenters. The first-order valence-corrected chi connectivity index (χ1v) is 9.09. The van der Waals surface area contributed by atoms with Gasteiger partial charge in [0, 0.05) is 17.0 Å². The number of amides is 1. The lowest BCUT2D eigenvalue weighted by Crippen LogP contribution is -2.13. The summed E-state index contributed by atoms with van der Waals surface area (Å²) in [6, 6.07) is 22.1. The number of hydrogen-bond acceptors (Lipinski definition) is 4. The van der Waals surface area contributed by atoms with Crippen LogP contribution in [-0.4, -0.2) is 13.0 Å². The Morgan fingerprint density at radius 2 is 1.70 bits per heavy atom. The van der Waals surface area contributed by atoms with Crippen molar-refractivity contribution in [3.05, 3.63) is 83.9 Å². The quantitative estimate of drug-likeness (QED) is 0.538. The maximum absolute atomic E-state index is 12.5. The molecule has 0 heterocycles. The van der Waals surface area contributed by atoms with Crippen LogP contribution in [0.1, 0.15) is 28.1 Å². The Morgan fingerprint density at radius 3 is 2.41 bits per heavy atom. The molecule has 4 nitrogen and oxygen atoms in total. The molecule has 0 aliphatic carbocycles. The average Bonchev–Trinajstić information content (AvgIpc) is 2.68. The van der Waals surface area contributed by atoms with Crippen LogP contribution in [0.3, 0.4) is 0 Å². The highest BCUT2D eigenvalue weighted by atomic mass is 32.1. The van der Waals surface area contributed by atoms with E-state index in [4.69, 9.17) is 9.47 Å². The fourth-order valence-corrected chi connectivity index (χ4v) is 2.79. The van der Waals surface area contributed by atoms with Crippen LogP contribution in [0.4, 0.5) is 5.69 Å². The molecular weight excluding hydrogens is 358 g/mol. The number of hydrogen-bond donors (Lipinski definition) is 2. The van der Waals surface area contributed by atoms with E-state index < -0.39 is 0 Å². The number of carbonyl (C=O) groups excluding carboxylic acids is 1.